The fourth-order valence-electron chi connectivity index (χ4n) is 0.702. The molecule has 0 aliphatic rings. The topological polar surface area (TPSA) is 0 Å². The van der Waals surface area contributed by atoms with Crippen LogP contribution in [0.1, 0.15) is 5.56 Å². The molecule has 0 aliphatic carbocycles. The van der Waals surface area contributed by atoms with Crippen LogP contribution in [0.2, 0.25) is 0 Å². The third kappa shape index (κ3) is 2.91. The average Bonchev–Trinajstić information content (AvgIpc) is 2.05. The van der Waals surface area contributed by atoms with Gasteiger partial charge in [0.1, 0.15) is 0 Å². The summed E-state index contributed by atoms with van der Waals surface area (Å²) < 4.78 is 0.852. The Labute approximate surface area is 89.1 Å². The molecule has 1 aromatic carbocycles. The van der Waals surface area contributed by atoms with Crippen LogP contribution in [-0.2, 0) is 0 Å². The van der Waals surface area contributed by atoms with Crippen LogP contribution in [0.4, 0.5) is 0 Å². The first kappa shape index (κ1) is 9.80. The van der Waals surface area contributed by atoms with Crippen molar-refractivity contribution >= 4 is 53.8 Å². The third-order valence-corrected chi connectivity index (χ3v) is 4.92. The first-order valence-electron chi connectivity index (χ1n) is 3.01. The van der Waals surface area contributed by atoms with Crippen molar-refractivity contribution in [3.8, 4) is 0 Å². The maximum atomic E-state index is 5.86. The summed E-state index contributed by atoms with van der Waals surface area (Å²) in [5.74, 6) is 0. The number of halogens is 1. The minimum absolute atomic E-state index is 0.280. The van der Waals surface area contributed by atoms with Crippen molar-refractivity contribution in [1.82, 2.24) is 0 Å². The maximum absolute atomic E-state index is 5.86. The summed E-state index contributed by atoms with van der Waals surface area (Å²) >= 11 is 6.85. The number of benzene rings is 1. The number of rotatable bonds is 1. The molecule has 0 spiro atoms. The SMILES string of the molecule is [Mg]=[S](Cl)C(=S)c1ccccc1. The monoisotopic (exact) mass is 212 g/mol. The van der Waals surface area contributed by atoms with Crippen LogP contribution in [0.15, 0.2) is 30.3 Å². The molecule has 11 heavy (non-hydrogen) atoms. The van der Waals surface area contributed by atoms with Gasteiger partial charge in [-0.05, 0) is 0 Å². The molecule has 1 aromatic rings. The molecular weight excluding hydrogens is 208 g/mol. The van der Waals surface area contributed by atoms with Gasteiger partial charge in [0.25, 0.3) is 0 Å². The van der Waals surface area contributed by atoms with Crippen molar-refractivity contribution in [2.75, 3.05) is 0 Å². The van der Waals surface area contributed by atoms with Gasteiger partial charge in [-0.15, -0.1) is 0 Å². The predicted molar refractivity (Wildman–Crippen MR) is 57.3 cm³/mol. The van der Waals surface area contributed by atoms with Gasteiger partial charge in [-0.2, -0.15) is 0 Å². The Morgan fingerprint density at radius 1 is 1.36 bits per heavy atom. The van der Waals surface area contributed by atoms with Gasteiger partial charge in [0.2, 0.25) is 0 Å². The van der Waals surface area contributed by atoms with E-state index in [0.29, 0.717) is 0 Å². The molecule has 54 valence electrons. The van der Waals surface area contributed by atoms with Crippen LogP contribution in [0.25, 0.3) is 0 Å². The number of hydrogen-bond acceptors (Lipinski definition) is 1. The normalized spacial score (nSPS) is 12.6. The first-order valence-corrected chi connectivity index (χ1v) is 7.37. The van der Waals surface area contributed by atoms with Gasteiger partial charge in [0.05, 0.1) is 0 Å². The molecule has 1 rings (SSSR count). The van der Waals surface area contributed by atoms with E-state index in [1.54, 1.807) is 19.8 Å². The average molecular weight is 213 g/mol. The second-order valence-corrected chi connectivity index (χ2v) is 7.67. The van der Waals surface area contributed by atoms with E-state index in [1.807, 2.05) is 30.3 Å². The Hall–Kier alpha value is 0.716. The fraction of sp³-hybridized carbons (Fsp3) is 0. The second kappa shape index (κ2) is 4.67. The fourth-order valence-corrected chi connectivity index (χ4v) is 2.00. The minimum atomic E-state index is -0.280. The van der Waals surface area contributed by atoms with E-state index in [9.17, 15) is 0 Å². The molecule has 0 saturated heterocycles. The predicted octanol–water partition coefficient (Wildman–Crippen LogP) is 2.87. The van der Waals surface area contributed by atoms with Crippen LogP contribution in [-0.4, -0.2) is 24.0 Å². The molecule has 0 N–H and O–H groups in total. The molecule has 0 bridgehead atoms. The molecule has 0 radical (unpaired) electrons. The number of thiocarbonyl (C=S) groups is 1. The summed E-state index contributed by atoms with van der Waals surface area (Å²) in [5, 5.41) is 0. The third-order valence-electron chi connectivity index (χ3n) is 1.21. The molecule has 4 heteroatoms. The van der Waals surface area contributed by atoms with Crippen molar-refractivity contribution < 1.29 is 0 Å². The summed E-state index contributed by atoms with van der Waals surface area (Å²) in [4.78, 5) is 0. The van der Waals surface area contributed by atoms with E-state index in [0.717, 1.165) is 9.76 Å². The van der Waals surface area contributed by atoms with Crippen molar-refractivity contribution in [2.24, 2.45) is 0 Å². The zero-order valence-electron chi connectivity index (χ0n) is 5.79. The van der Waals surface area contributed by atoms with Gasteiger partial charge >= 0.3 is 89.7 Å². The van der Waals surface area contributed by atoms with Crippen LogP contribution < -0.4 is 0 Å². The Bertz CT molecular complexity index is 284. The van der Waals surface area contributed by atoms with Gasteiger partial charge in [-0.3, -0.25) is 0 Å². The zero-order chi connectivity index (χ0) is 8.27. The summed E-state index contributed by atoms with van der Waals surface area (Å²) in [5.41, 5.74) is 1.07. The Kier molecular flexibility index (Phi) is 4.16. The van der Waals surface area contributed by atoms with Gasteiger partial charge in [-0.25, -0.2) is 0 Å². The Morgan fingerprint density at radius 3 is 2.36 bits per heavy atom. The van der Waals surface area contributed by atoms with Crippen molar-refractivity contribution in [3.05, 3.63) is 35.9 Å². The van der Waals surface area contributed by atoms with Crippen molar-refractivity contribution in [1.29, 1.82) is 0 Å². The van der Waals surface area contributed by atoms with E-state index in [4.69, 9.17) is 22.9 Å². The molecule has 1 unspecified atom stereocenters. The summed E-state index contributed by atoms with van der Waals surface area (Å²) in [6, 6.07) is 9.87. The zero-order valence-corrected chi connectivity index (χ0v) is 9.59. The van der Waals surface area contributed by atoms with Crippen LogP contribution in [0.5, 0.6) is 0 Å². The summed E-state index contributed by atoms with van der Waals surface area (Å²) in [6.07, 6.45) is 0. The quantitative estimate of drug-likeness (QED) is 0.510. The van der Waals surface area contributed by atoms with Crippen molar-refractivity contribution in [3.63, 3.8) is 0 Å². The van der Waals surface area contributed by atoms with Gasteiger partial charge in [-0.1, -0.05) is 0 Å². The van der Waals surface area contributed by atoms with Gasteiger partial charge < -0.3 is 0 Å². The standard InChI is InChI=1S/C7H5ClS2.Mg/c8-10-7(9)6-4-2-1-3-5-6;/h1-5H;. The molecule has 0 nitrogen and oxygen atoms in total. The summed E-state index contributed by atoms with van der Waals surface area (Å²) in [6.45, 7) is -0.280. The molecule has 0 amide bonds. The van der Waals surface area contributed by atoms with E-state index in [-0.39, 0.29) is 6.93 Å². The second-order valence-electron chi connectivity index (χ2n) is 1.98. The Morgan fingerprint density at radius 2 is 1.91 bits per heavy atom. The van der Waals surface area contributed by atoms with E-state index in [1.165, 1.54) is 0 Å². The molecule has 0 aromatic heterocycles. The van der Waals surface area contributed by atoms with Crippen molar-refractivity contribution in [2.45, 2.75) is 0 Å². The van der Waals surface area contributed by atoms with Crippen LogP contribution >= 0.6 is 29.8 Å². The molecule has 0 fully saturated rings. The van der Waals surface area contributed by atoms with Crippen LogP contribution in [0, 0.1) is 0 Å². The molecule has 0 aliphatic heterocycles. The van der Waals surface area contributed by atoms with Gasteiger partial charge in [0.15, 0.2) is 0 Å². The Balaban J connectivity index is 2.95. The van der Waals surface area contributed by atoms with E-state index in [2.05, 4.69) is 0 Å². The molecule has 1 atom stereocenters. The molecule has 0 heterocycles. The molecular formula is C7H5ClMgS2. The first-order chi connectivity index (χ1) is 5.22. The van der Waals surface area contributed by atoms with E-state index >= 15 is 0 Å². The van der Waals surface area contributed by atoms with Gasteiger partial charge in [0, 0.05) is 0 Å². The number of hydrogen-bond donors (Lipinski definition) is 0. The molecule has 0 saturated carbocycles. The van der Waals surface area contributed by atoms with E-state index < -0.39 is 0 Å². The summed E-state index contributed by atoms with van der Waals surface area (Å²) in [7, 11) is 5.86. The van der Waals surface area contributed by atoms with Crippen LogP contribution in [0.3, 0.4) is 0 Å².